The monoisotopic (exact) mass is 341 g/mol. The Morgan fingerprint density at radius 2 is 2.00 bits per heavy atom. The minimum Gasteiger partial charge on any atom is -0.306 e. The maximum absolute atomic E-state index is 14.1. The molecule has 0 aliphatic rings. The maximum Gasteiger partial charge on any atom is 0.129 e. The molecule has 0 saturated carbocycles. The smallest absolute Gasteiger partial charge is 0.129 e. The van der Waals surface area contributed by atoms with Gasteiger partial charge in [0.25, 0.3) is 0 Å². The Hall–Kier alpha value is -0.900. The predicted molar refractivity (Wildman–Crippen MR) is 81.1 cm³/mol. The van der Waals surface area contributed by atoms with Gasteiger partial charge in [-0.3, -0.25) is 0 Å². The van der Waals surface area contributed by atoms with Crippen molar-refractivity contribution in [2.24, 2.45) is 0 Å². The molecule has 1 nitrogen and oxygen atoms in total. The van der Waals surface area contributed by atoms with E-state index in [0.717, 1.165) is 16.6 Å². The van der Waals surface area contributed by atoms with Gasteiger partial charge in [-0.05, 0) is 36.4 Å². The molecule has 0 radical (unpaired) electrons. The zero-order chi connectivity index (χ0) is 13.8. The lowest BCUT2D eigenvalue weighted by Crippen LogP contribution is -2.23. The average molecular weight is 343 g/mol. The van der Waals surface area contributed by atoms with Gasteiger partial charge in [0.05, 0.1) is 6.04 Å². The number of hydrogen-bond acceptors (Lipinski definition) is 1. The molecule has 2 aromatic carbocycles. The van der Waals surface area contributed by atoms with Crippen LogP contribution in [-0.4, -0.2) is 6.54 Å². The average Bonchev–Trinajstić information content (AvgIpc) is 2.37. The first kappa shape index (κ1) is 14.5. The summed E-state index contributed by atoms with van der Waals surface area (Å²) in [6, 6.07) is 12.2. The van der Waals surface area contributed by atoms with Crippen molar-refractivity contribution in [2.45, 2.75) is 13.0 Å². The fourth-order valence-corrected chi connectivity index (χ4v) is 2.83. The van der Waals surface area contributed by atoms with Crippen molar-refractivity contribution in [3.63, 3.8) is 0 Å². The Kier molecular flexibility index (Phi) is 4.97. The minimum atomic E-state index is -0.236. The Morgan fingerprint density at radius 1 is 1.26 bits per heavy atom. The summed E-state index contributed by atoms with van der Waals surface area (Å²) in [5.74, 6) is -0.236. The van der Waals surface area contributed by atoms with E-state index in [1.807, 2.05) is 37.3 Å². The van der Waals surface area contributed by atoms with Gasteiger partial charge in [-0.25, -0.2) is 4.39 Å². The number of rotatable bonds is 4. The van der Waals surface area contributed by atoms with Crippen LogP contribution in [0.25, 0.3) is 0 Å². The van der Waals surface area contributed by atoms with Gasteiger partial charge >= 0.3 is 0 Å². The molecule has 0 aliphatic heterocycles. The van der Waals surface area contributed by atoms with Crippen molar-refractivity contribution in [1.82, 2.24) is 5.32 Å². The summed E-state index contributed by atoms with van der Waals surface area (Å²) in [4.78, 5) is 0. The second-order valence-electron chi connectivity index (χ2n) is 4.18. The normalized spacial score (nSPS) is 12.4. The molecular weight excluding hydrogens is 329 g/mol. The molecule has 19 heavy (non-hydrogen) atoms. The molecule has 0 saturated heterocycles. The summed E-state index contributed by atoms with van der Waals surface area (Å²) in [6.45, 7) is 2.73. The maximum atomic E-state index is 14.1. The fourth-order valence-electron chi connectivity index (χ4n) is 2.06. The Labute approximate surface area is 125 Å². The van der Waals surface area contributed by atoms with Gasteiger partial charge < -0.3 is 5.32 Å². The van der Waals surface area contributed by atoms with E-state index in [9.17, 15) is 4.39 Å². The van der Waals surface area contributed by atoms with Crippen LogP contribution in [-0.2, 0) is 0 Å². The highest BCUT2D eigenvalue weighted by atomic mass is 79.9. The largest absolute Gasteiger partial charge is 0.306 e. The Morgan fingerprint density at radius 3 is 2.63 bits per heavy atom. The summed E-state index contributed by atoms with van der Waals surface area (Å²) in [7, 11) is 0. The summed E-state index contributed by atoms with van der Waals surface area (Å²) in [5, 5.41) is 3.94. The number of hydrogen-bond donors (Lipinski definition) is 1. The highest BCUT2D eigenvalue weighted by Gasteiger charge is 2.19. The van der Waals surface area contributed by atoms with Gasteiger partial charge in [0.1, 0.15) is 5.82 Å². The van der Waals surface area contributed by atoms with Crippen molar-refractivity contribution >= 4 is 27.5 Å². The third kappa shape index (κ3) is 3.35. The van der Waals surface area contributed by atoms with E-state index in [1.54, 1.807) is 6.07 Å². The van der Waals surface area contributed by atoms with Gasteiger partial charge in [0.2, 0.25) is 0 Å². The molecule has 0 amide bonds. The summed E-state index contributed by atoms with van der Waals surface area (Å²) >= 11 is 9.44. The Balaban J connectivity index is 2.51. The summed E-state index contributed by atoms with van der Waals surface area (Å²) in [5.41, 5.74) is 1.55. The summed E-state index contributed by atoms with van der Waals surface area (Å²) < 4.78 is 14.9. The fraction of sp³-hybridized carbons (Fsp3) is 0.200. The van der Waals surface area contributed by atoms with Crippen LogP contribution in [0.1, 0.15) is 24.1 Å². The van der Waals surface area contributed by atoms with E-state index < -0.39 is 0 Å². The topological polar surface area (TPSA) is 12.0 Å². The lowest BCUT2D eigenvalue weighted by atomic mass is 9.98. The lowest BCUT2D eigenvalue weighted by Gasteiger charge is -2.21. The third-order valence-electron chi connectivity index (χ3n) is 2.88. The molecule has 0 fully saturated rings. The van der Waals surface area contributed by atoms with E-state index in [-0.39, 0.29) is 11.9 Å². The first-order valence-corrected chi connectivity index (χ1v) is 7.23. The molecular formula is C15H14BrClFN. The molecule has 1 unspecified atom stereocenters. The van der Waals surface area contributed by atoms with E-state index >= 15 is 0 Å². The van der Waals surface area contributed by atoms with Crippen LogP contribution in [0.4, 0.5) is 4.39 Å². The van der Waals surface area contributed by atoms with Crippen LogP contribution in [0.5, 0.6) is 0 Å². The van der Waals surface area contributed by atoms with Crippen LogP contribution < -0.4 is 5.32 Å². The SMILES string of the molecule is CCNC(c1cccc(Cl)c1)c1c(F)cccc1Br. The predicted octanol–water partition coefficient (Wildman–Crippen LogP) is 4.94. The quantitative estimate of drug-likeness (QED) is 0.830. The van der Waals surface area contributed by atoms with E-state index in [1.165, 1.54) is 6.07 Å². The van der Waals surface area contributed by atoms with E-state index in [0.29, 0.717) is 10.6 Å². The van der Waals surface area contributed by atoms with E-state index in [4.69, 9.17) is 11.6 Å². The first-order valence-electron chi connectivity index (χ1n) is 6.06. The van der Waals surface area contributed by atoms with Crippen LogP contribution in [0.2, 0.25) is 5.02 Å². The number of benzene rings is 2. The van der Waals surface area contributed by atoms with Gasteiger partial charge in [-0.2, -0.15) is 0 Å². The molecule has 4 heteroatoms. The van der Waals surface area contributed by atoms with E-state index in [2.05, 4.69) is 21.2 Å². The highest BCUT2D eigenvalue weighted by molar-refractivity contribution is 9.10. The lowest BCUT2D eigenvalue weighted by molar-refractivity contribution is 0.556. The third-order valence-corrected chi connectivity index (χ3v) is 3.81. The summed E-state index contributed by atoms with van der Waals surface area (Å²) in [6.07, 6.45) is 0. The van der Waals surface area contributed by atoms with Crippen LogP contribution in [0, 0.1) is 5.82 Å². The molecule has 1 N–H and O–H groups in total. The van der Waals surface area contributed by atoms with Gasteiger partial charge in [-0.15, -0.1) is 0 Å². The Bertz CT molecular complexity index is 554. The van der Waals surface area contributed by atoms with Gasteiger partial charge in [0, 0.05) is 15.1 Å². The molecule has 0 spiro atoms. The van der Waals surface area contributed by atoms with Crippen molar-refractivity contribution in [2.75, 3.05) is 6.54 Å². The molecule has 100 valence electrons. The molecule has 2 aromatic rings. The number of nitrogens with one attached hydrogen (secondary N) is 1. The minimum absolute atomic E-state index is 0.223. The van der Waals surface area contributed by atoms with Gasteiger partial charge in [0.15, 0.2) is 0 Å². The second-order valence-corrected chi connectivity index (χ2v) is 5.47. The van der Waals surface area contributed by atoms with Crippen molar-refractivity contribution in [3.8, 4) is 0 Å². The second kappa shape index (κ2) is 6.51. The van der Waals surface area contributed by atoms with Crippen LogP contribution in [0.3, 0.4) is 0 Å². The number of halogens is 3. The molecule has 0 bridgehead atoms. The van der Waals surface area contributed by atoms with Crippen molar-refractivity contribution in [1.29, 1.82) is 0 Å². The highest BCUT2D eigenvalue weighted by Crippen LogP contribution is 2.31. The molecule has 2 rings (SSSR count). The van der Waals surface area contributed by atoms with Crippen LogP contribution >= 0.6 is 27.5 Å². The van der Waals surface area contributed by atoms with Crippen molar-refractivity contribution < 1.29 is 4.39 Å². The van der Waals surface area contributed by atoms with Crippen molar-refractivity contribution in [3.05, 3.63) is 68.9 Å². The molecule has 1 atom stereocenters. The molecule has 0 aliphatic carbocycles. The molecule has 0 heterocycles. The zero-order valence-corrected chi connectivity index (χ0v) is 12.8. The van der Waals surface area contributed by atoms with Crippen LogP contribution in [0.15, 0.2) is 46.9 Å². The first-order chi connectivity index (χ1) is 9.13. The standard InChI is InChI=1S/C15H14BrClFN/c1-2-19-15(10-5-3-6-11(17)9-10)14-12(16)7-4-8-13(14)18/h3-9,15,19H,2H2,1H3. The molecule has 0 aromatic heterocycles. The zero-order valence-electron chi connectivity index (χ0n) is 10.5. The van der Waals surface area contributed by atoms with Gasteiger partial charge in [-0.1, -0.05) is 52.7 Å².